The Morgan fingerprint density at radius 1 is 0.586 bits per heavy atom. The number of hydrogen-bond acceptors (Lipinski definition) is 19. The van der Waals surface area contributed by atoms with Gasteiger partial charge >= 0.3 is 35.8 Å². The molecule has 4 heterocycles. The molecular formula is C51H74O19. The van der Waals surface area contributed by atoms with Crippen LogP contribution >= 0.6 is 0 Å². The molecule has 0 aromatic rings. The number of carbonyl (C=O) groups is 6. The van der Waals surface area contributed by atoms with Gasteiger partial charge in [0.1, 0.15) is 43.2 Å². The van der Waals surface area contributed by atoms with Gasteiger partial charge in [0.25, 0.3) is 0 Å². The number of rotatable bonds is 12. The fourth-order valence-corrected chi connectivity index (χ4v) is 14.4. The summed E-state index contributed by atoms with van der Waals surface area (Å²) >= 11 is 0. The Hall–Kier alpha value is -3.72. The number of cyclic esters (lactones) is 1. The van der Waals surface area contributed by atoms with Gasteiger partial charge in [0.05, 0.1) is 30.0 Å². The zero-order valence-corrected chi connectivity index (χ0v) is 42.3. The highest BCUT2D eigenvalue weighted by Gasteiger charge is 2.71. The van der Waals surface area contributed by atoms with Crippen molar-refractivity contribution < 1.29 is 90.7 Å². The Bertz CT molecular complexity index is 2030. The molecule has 4 aliphatic heterocycles. The summed E-state index contributed by atoms with van der Waals surface area (Å²) in [5, 5.41) is 13.0. The number of aliphatic hydroxyl groups is 1. The molecule has 0 bridgehead atoms. The van der Waals surface area contributed by atoms with E-state index in [1.807, 2.05) is 6.92 Å². The maximum atomic E-state index is 13.0. The van der Waals surface area contributed by atoms with Crippen molar-refractivity contribution in [2.75, 3.05) is 6.61 Å². The molecular weight excluding hydrogens is 917 g/mol. The third kappa shape index (κ3) is 10.5. The van der Waals surface area contributed by atoms with Crippen LogP contribution in [-0.4, -0.2) is 139 Å². The van der Waals surface area contributed by atoms with Crippen molar-refractivity contribution in [2.45, 2.75) is 231 Å². The SMILES string of the molecule is CC(=O)OC1CC(OC2C(C)OC(OC3C(C)OC(O[C@H]4CC[C@@]5(C)[C@H](CC[C@@H]6[C@@H]5CC[C@]5(C)[C@@H](C7=CC(=O)OC7)[C@@H](OC(C)=O)C[C@]65O)C4)CC3OC(C)=O)CC2OC(C)=O)OC(C)C1OC(C)=O. The van der Waals surface area contributed by atoms with E-state index >= 15 is 0 Å². The van der Waals surface area contributed by atoms with E-state index in [0.717, 1.165) is 50.5 Å². The Morgan fingerprint density at radius 3 is 1.57 bits per heavy atom. The van der Waals surface area contributed by atoms with Crippen LogP contribution in [0.15, 0.2) is 11.6 Å². The predicted octanol–water partition coefficient (Wildman–Crippen LogP) is 5.07. The minimum absolute atomic E-state index is 0.00588. The van der Waals surface area contributed by atoms with Gasteiger partial charge in [0.2, 0.25) is 0 Å². The molecule has 4 saturated carbocycles. The maximum Gasteiger partial charge on any atom is 0.331 e. The molecule has 0 aromatic carbocycles. The van der Waals surface area contributed by atoms with Crippen molar-refractivity contribution in [3.8, 4) is 0 Å². The molecule has 0 aromatic heterocycles. The molecule has 0 amide bonds. The number of fused-ring (bicyclic) bond motifs is 5. The van der Waals surface area contributed by atoms with Crippen molar-refractivity contribution in [3.05, 3.63) is 11.6 Å². The largest absolute Gasteiger partial charge is 0.462 e. The highest BCUT2D eigenvalue weighted by atomic mass is 16.8. The smallest absolute Gasteiger partial charge is 0.331 e. The predicted molar refractivity (Wildman–Crippen MR) is 240 cm³/mol. The minimum Gasteiger partial charge on any atom is -0.462 e. The van der Waals surface area contributed by atoms with Crippen molar-refractivity contribution in [1.29, 1.82) is 0 Å². The van der Waals surface area contributed by atoms with Gasteiger partial charge in [-0.2, -0.15) is 0 Å². The van der Waals surface area contributed by atoms with Crippen LogP contribution in [0.5, 0.6) is 0 Å². The second-order valence-electron chi connectivity index (χ2n) is 21.8. The van der Waals surface area contributed by atoms with Crippen molar-refractivity contribution in [3.63, 3.8) is 0 Å². The molecule has 21 atom stereocenters. The Labute approximate surface area is 409 Å². The van der Waals surface area contributed by atoms with Crippen LogP contribution < -0.4 is 0 Å². The lowest BCUT2D eigenvalue weighted by Crippen LogP contribution is -2.62. The van der Waals surface area contributed by atoms with E-state index in [2.05, 4.69) is 13.8 Å². The lowest BCUT2D eigenvalue weighted by atomic mass is 9.43. The molecule has 4 aliphatic carbocycles. The molecule has 0 spiro atoms. The number of esters is 6. The van der Waals surface area contributed by atoms with Crippen molar-refractivity contribution >= 4 is 35.8 Å². The van der Waals surface area contributed by atoms with Crippen LogP contribution in [0, 0.1) is 34.5 Å². The zero-order valence-electron chi connectivity index (χ0n) is 42.3. The fourth-order valence-electron chi connectivity index (χ4n) is 14.4. The average molecular weight is 991 g/mol. The zero-order chi connectivity index (χ0) is 50.6. The molecule has 1 N–H and O–H groups in total. The van der Waals surface area contributed by atoms with E-state index in [0.29, 0.717) is 12.3 Å². The Morgan fingerprint density at radius 2 is 1.07 bits per heavy atom. The number of hydrogen-bond donors (Lipinski definition) is 1. The van der Waals surface area contributed by atoms with Gasteiger partial charge in [0.15, 0.2) is 25.0 Å². The molecule has 70 heavy (non-hydrogen) atoms. The Kier molecular flexibility index (Phi) is 15.5. The topological polar surface area (TPSA) is 233 Å². The normalized spacial score (nSPS) is 45.6. The summed E-state index contributed by atoms with van der Waals surface area (Å²) in [4.78, 5) is 73.5. The van der Waals surface area contributed by atoms with Crippen LogP contribution in [0.2, 0.25) is 0 Å². The second kappa shape index (κ2) is 20.7. The molecule has 8 rings (SSSR count). The summed E-state index contributed by atoms with van der Waals surface area (Å²) in [6, 6.07) is 0. The van der Waals surface area contributed by atoms with Crippen LogP contribution in [0.4, 0.5) is 0 Å². The summed E-state index contributed by atoms with van der Waals surface area (Å²) in [6.45, 7) is 16.4. The first-order valence-electron chi connectivity index (χ1n) is 25.4. The van der Waals surface area contributed by atoms with E-state index in [-0.39, 0.29) is 55.1 Å². The summed E-state index contributed by atoms with van der Waals surface area (Å²) < 4.78 is 72.5. The van der Waals surface area contributed by atoms with Gasteiger partial charge in [-0.3, -0.25) is 24.0 Å². The minimum atomic E-state index is -1.10. The molecule has 8 aliphatic rings. The van der Waals surface area contributed by atoms with Gasteiger partial charge in [0, 0.05) is 77.7 Å². The van der Waals surface area contributed by atoms with Crippen LogP contribution in [0.3, 0.4) is 0 Å². The number of carbonyl (C=O) groups excluding carboxylic acids is 6. The summed E-state index contributed by atoms with van der Waals surface area (Å²) in [6.07, 6.45) is -2.20. The fraction of sp³-hybridized carbons (Fsp3) is 0.843. The second-order valence-corrected chi connectivity index (χ2v) is 21.8. The molecule has 12 unspecified atom stereocenters. The molecule has 3 saturated heterocycles. The average Bonchev–Trinajstić information content (AvgIpc) is 3.77. The van der Waals surface area contributed by atoms with E-state index in [1.165, 1.54) is 40.7 Å². The first kappa shape index (κ1) is 52.6. The van der Waals surface area contributed by atoms with E-state index in [1.54, 1.807) is 13.8 Å². The van der Waals surface area contributed by atoms with Crippen molar-refractivity contribution in [1.82, 2.24) is 0 Å². The third-order valence-electron chi connectivity index (χ3n) is 17.3. The van der Waals surface area contributed by atoms with Gasteiger partial charge in [-0.05, 0) is 94.5 Å². The third-order valence-corrected chi connectivity index (χ3v) is 17.3. The highest BCUT2D eigenvalue weighted by Crippen LogP contribution is 2.70. The molecule has 19 nitrogen and oxygen atoms in total. The van der Waals surface area contributed by atoms with E-state index in [9.17, 15) is 33.9 Å². The van der Waals surface area contributed by atoms with Gasteiger partial charge in [-0.1, -0.05) is 13.8 Å². The lowest BCUT2D eigenvalue weighted by Gasteiger charge is -2.63. The standard InChI is InChI=1S/C51H74O19/c1-24-46(67-31(8)56)37(63-27(4)52)20-43(61-24)69-48-26(3)62-44(21-39(48)65-29(6)54)70-47-25(2)60-42(19-38(47)64-28(5)53)68-34-13-15-49(9)33(18-34)11-12-36-35(49)14-16-50(10)45(32-17-41(57)59-23-32)40(66-30(7)55)22-51(36,50)58/h17,24-26,33-40,42-48,58H,11-16,18-23H2,1-10H3/t24?,25?,26?,33-,34+,35+,36-,37?,38?,39?,40+,42?,43?,44?,45+,46?,47?,48?,49+,50-,51+/m1/s1. The van der Waals surface area contributed by atoms with Gasteiger partial charge in [-0.25, -0.2) is 4.79 Å². The number of ether oxygens (including phenoxy) is 12. The van der Waals surface area contributed by atoms with Crippen LogP contribution in [0.25, 0.3) is 0 Å². The van der Waals surface area contributed by atoms with Crippen LogP contribution in [0.1, 0.15) is 140 Å². The first-order valence-corrected chi connectivity index (χ1v) is 25.4. The quantitative estimate of drug-likeness (QED) is 0.153. The van der Waals surface area contributed by atoms with E-state index < -0.39 is 127 Å². The summed E-state index contributed by atoms with van der Waals surface area (Å²) in [5.74, 6) is -2.71. The first-order chi connectivity index (χ1) is 33.0. The lowest BCUT2D eigenvalue weighted by molar-refractivity contribution is -0.337. The van der Waals surface area contributed by atoms with Crippen LogP contribution in [-0.2, 0) is 85.6 Å². The molecule has 19 heteroatoms. The summed E-state index contributed by atoms with van der Waals surface area (Å²) in [7, 11) is 0. The monoisotopic (exact) mass is 990 g/mol. The molecule has 0 radical (unpaired) electrons. The Balaban J connectivity index is 0.893. The van der Waals surface area contributed by atoms with Gasteiger partial charge < -0.3 is 61.9 Å². The summed E-state index contributed by atoms with van der Waals surface area (Å²) in [5.41, 5.74) is -0.965. The van der Waals surface area contributed by atoms with E-state index in [4.69, 9.17) is 56.8 Å². The van der Waals surface area contributed by atoms with Crippen molar-refractivity contribution in [2.24, 2.45) is 34.5 Å². The molecule has 392 valence electrons. The highest BCUT2D eigenvalue weighted by molar-refractivity contribution is 5.85. The van der Waals surface area contributed by atoms with Gasteiger partial charge in [-0.15, -0.1) is 0 Å². The molecule has 7 fully saturated rings. The maximum absolute atomic E-state index is 13.0.